The third kappa shape index (κ3) is 6.08. The Morgan fingerprint density at radius 1 is 1.34 bits per heavy atom. The Morgan fingerprint density at radius 2 is 2.10 bits per heavy atom. The number of halogens is 3. The molecule has 0 saturated carbocycles. The van der Waals surface area contributed by atoms with Gasteiger partial charge in [0.15, 0.2) is 11.8 Å². The first kappa shape index (κ1) is 20.9. The maximum Gasteiger partial charge on any atom is 0.401 e. The maximum absolute atomic E-state index is 12.5. The summed E-state index contributed by atoms with van der Waals surface area (Å²) in [6, 6.07) is 7.31. The number of aromatic nitrogens is 3. The van der Waals surface area contributed by atoms with Gasteiger partial charge in [-0.1, -0.05) is 0 Å². The summed E-state index contributed by atoms with van der Waals surface area (Å²) in [4.78, 5) is 9.96. The quantitative estimate of drug-likeness (QED) is 0.496. The summed E-state index contributed by atoms with van der Waals surface area (Å²) >= 11 is 0. The minimum absolute atomic E-state index is 0.0897. The van der Waals surface area contributed by atoms with Gasteiger partial charge in [0.2, 0.25) is 0 Å². The van der Waals surface area contributed by atoms with Gasteiger partial charge in [-0.05, 0) is 30.7 Å². The highest BCUT2D eigenvalue weighted by Crippen LogP contribution is 2.20. The lowest BCUT2D eigenvalue weighted by Crippen LogP contribution is -2.45. The molecule has 1 atom stereocenters. The molecule has 29 heavy (non-hydrogen) atoms. The minimum Gasteiger partial charge on any atom is -0.497 e. The number of nitrogens with one attached hydrogen (secondary N) is 3. The van der Waals surface area contributed by atoms with Crippen LogP contribution in [-0.4, -0.2) is 72.1 Å². The molecular formula is C18H24F3N7O. The molecule has 0 radical (unpaired) electrons. The van der Waals surface area contributed by atoms with Gasteiger partial charge in [-0.3, -0.25) is 15.0 Å². The zero-order chi connectivity index (χ0) is 20.9. The molecule has 3 rings (SSSR count). The summed E-state index contributed by atoms with van der Waals surface area (Å²) in [7, 11) is 3.22. The van der Waals surface area contributed by atoms with E-state index < -0.39 is 12.7 Å². The van der Waals surface area contributed by atoms with Crippen molar-refractivity contribution < 1.29 is 17.9 Å². The fourth-order valence-electron chi connectivity index (χ4n) is 3.15. The predicted molar refractivity (Wildman–Crippen MR) is 103 cm³/mol. The third-order valence-electron chi connectivity index (χ3n) is 4.54. The zero-order valence-corrected chi connectivity index (χ0v) is 16.3. The summed E-state index contributed by atoms with van der Waals surface area (Å²) in [5.74, 6) is 2.43. The molecule has 1 aromatic carbocycles. The summed E-state index contributed by atoms with van der Waals surface area (Å²) in [5.41, 5.74) is 0.853. The Kier molecular flexibility index (Phi) is 6.57. The van der Waals surface area contributed by atoms with Crippen LogP contribution in [-0.2, 0) is 6.54 Å². The van der Waals surface area contributed by atoms with Crippen molar-refractivity contribution in [2.45, 2.75) is 25.2 Å². The van der Waals surface area contributed by atoms with Gasteiger partial charge in [0.05, 0.1) is 20.2 Å². The Bertz CT molecular complexity index is 820. The van der Waals surface area contributed by atoms with Crippen LogP contribution in [0, 0.1) is 0 Å². The molecule has 1 aliphatic rings. The first-order valence-electron chi connectivity index (χ1n) is 9.18. The molecule has 0 bridgehead atoms. The number of aromatic amines is 1. The highest BCUT2D eigenvalue weighted by Gasteiger charge is 2.34. The molecule has 2 aromatic rings. The number of guanidine groups is 1. The number of methoxy groups -OCH3 is 1. The predicted octanol–water partition coefficient (Wildman–Crippen LogP) is 1.78. The molecule has 0 spiro atoms. The maximum atomic E-state index is 12.5. The molecule has 158 valence electrons. The summed E-state index contributed by atoms with van der Waals surface area (Å²) < 4.78 is 42.7. The largest absolute Gasteiger partial charge is 0.497 e. The van der Waals surface area contributed by atoms with E-state index in [-0.39, 0.29) is 6.04 Å². The van der Waals surface area contributed by atoms with Crippen molar-refractivity contribution in [2.24, 2.45) is 4.99 Å². The molecule has 1 saturated heterocycles. The number of ether oxygens (including phenoxy) is 1. The topological polar surface area (TPSA) is 90.5 Å². The molecule has 8 nitrogen and oxygen atoms in total. The van der Waals surface area contributed by atoms with Crippen LogP contribution in [0.5, 0.6) is 5.75 Å². The van der Waals surface area contributed by atoms with Crippen molar-refractivity contribution in [1.29, 1.82) is 0 Å². The lowest BCUT2D eigenvalue weighted by molar-refractivity contribution is -0.143. The van der Waals surface area contributed by atoms with Crippen LogP contribution in [0.3, 0.4) is 0 Å². The molecule has 1 aliphatic heterocycles. The molecule has 2 heterocycles. The normalized spacial score (nSPS) is 18.1. The monoisotopic (exact) mass is 411 g/mol. The smallest absolute Gasteiger partial charge is 0.401 e. The van der Waals surface area contributed by atoms with Gasteiger partial charge in [0.25, 0.3) is 0 Å². The van der Waals surface area contributed by atoms with E-state index in [1.54, 1.807) is 14.2 Å². The van der Waals surface area contributed by atoms with Crippen molar-refractivity contribution in [2.75, 3.05) is 33.8 Å². The van der Waals surface area contributed by atoms with E-state index in [9.17, 15) is 13.2 Å². The molecular weight excluding hydrogens is 387 g/mol. The fourth-order valence-corrected chi connectivity index (χ4v) is 3.15. The van der Waals surface area contributed by atoms with E-state index in [4.69, 9.17) is 4.74 Å². The van der Waals surface area contributed by atoms with Gasteiger partial charge in [-0.15, -0.1) is 0 Å². The second-order valence-electron chi connectivity index (χ2n) is 6.74. The molecule has 11 heteroatoms. The van der Waals surface area contributed by atoms with Crippen molar-refractivity contribution in [3.63, 3.8) is 0 Å². The lowest BCUT2D eigenvalue weighted by Gasteiger charge is -2.19. The first-order chi connectivity index (χ1) is 13.9. The Morgan fingerprint density at radius 3 is 2.76 bits per heavy atom. The van der Waals surface area contributed by atoms with Crippen LogP contribution >= 0.6 is 0 Å². The van der Waals surface area contributed by atoms with Crippen LogP contribution in [0.25, 0.3) is 11.4 Å². The Labute approximate surface area is 166 Å². The number of likely N-dealkylation sites (tertiary alicyclic amines) is 1. The van der Waals surface area contributed by atoms with Gasteiger partial charge < -0.3 is 15.4 Å². The van der Waals surface area contributed by atoms with Gasteiger partial charge in [-0.2, -0.15) is 18.3 Å². The fraction of sp³-hybridized carbons (Fsp3) is 0.500. The number of rotatable bonds is 6. The Balaban J connectivity index is 1.49. The average molecular weight is 411 g/mol. The third-order valence-corrected chi connectivity index (χ3v) is 4.54. The molecule has 1 fully saturated rings. The van der Waals surface area contributed by atoms with Crippen molar-refractivity contribution in [3.8, 4) is 17.1 Å². The van der Waals surface area contributed by atoms with Gasteiger partial charge in [0, 0.05) is 31.7 Å². The van der Waals surface area contributed by atoms with E-state index in [2.05, 4.69) is 30.8 Å². The van der Waals surface area contributed by atoms with Crippen LogP contribution < -0.4 is 15.4 Å². The van der Waals surface area contributed by atoms with Crippen LogP contribution in [0.4, 0.5) is 13.2 Å². The van der Waals surface area contributed by atoms with Crippen molar-refractivity contribution >= 4 is 5.96 Å². The molecule has 3 N–H and O–H groups in total. The second-order valence-corrected chi connectivity index (χ2v) is 6.74. The van der Waals surface area contributed by atoms with E-state index in [1.165, 1.54) is 4.90 Å². The molecule has 0 aliphatic carbocycles. The first-order valence-corrected chi connectivity index (χ1v) is 9.18. The standard InChI is InChI=1S/C18H24F3N7O/c1-22-17(24-13-7-8-28(10-13)11-18(19,20)21)23-9-15-25-16(27-26-15)12-3-5-14(29-2)6-4-12/h3-6,13H,7-11H2,1-2H3,(H2,22,23,24)(H,25,26,27). The van der Waals surface area contributed by atoms with E-state index in [1.807, 2.05) is 24.3 Å². The minimum atomic E-state index is -4.18. The van der Waals surface area contributed by atoms with Crippen LogP contribution in [0.1, 0.15) is 12.2 Å². The van der Waals surface area contributed by atoms with Gasteiger partial charge >= 0.3 is 6.18 Å². The van der Waals surface area contributed by atoms with Crippen LogP contribution in [0.15, 0.2) is 29.3 Å². The number of aliphatic imine (C=N–C) groups is 1. The number of H-pyrrole nitrogens is 1. The molecule has 1 aromatic heterocycles. The summed E-state index contributed by atoms with van der Waals surface area (Å²) in [6.07, 6.45) is -3.55. The average Bonchev–Trinajstić information content (AvgIpc) is 3.33. The number of hydrogen-bond acceptors (Lipinski definition) is 5. The highest BCUT2D eigenvalue weighted by atomic mass is 19.4. The Hall–Kier alpha value is -2.82. The number of hydrogen-bond donors (Lipinski definition) is 3. The second kappa shape index (κ2) is 9.12. The number of benzene rings is 1. The van der Waals surface area contributed by atoms with E-state index >= 15 is 0 Å². The summed E-state index contributed by atoms with van der Waals surface area (Å²) in [6.45, 7) is 0.191. The van der Waals surface area contributed by atoms with E-state index in [0.717, 1.165) is 11.3 Å². The number of nitrogens with zero attached hydrogens (tertiary/aromatic N) is 4. The van der Waals surface area contributed by atoms with E-state index in [0.29, 0.717) is 43.7 Å². The van der Waals surface area contributed by atoms with Gasteiger partial charge in [0.1, 0.15) is 11.6 Å². The van der Waals surface area contributed by atoms with Crippen LogP contribution in [0.2, 0.25) is 0 Å². The van der Waals surface area contributed by atoms with Crippen molar-refractivity contribution in [3.05, 3.63) is 30.1 Å². The van der Waals surface area contributed by atoms with Gasteiger partial charge in [-0.25, -0.2) is 4.98 Å². The summed E-state index contributed by atoms with van der Waals surface area (Å²) in [5, 5.41) is 13.3. The van der Waals surface area contributed by atoms with Crippen molar-refractivity contribution in [1.82, 2.24) is 30.7 Å². The number of alkyl halides is 3. The molecule has 1 unspecified atom stereocenters. The lowest BCUT2D eigenvalue weighted by atomic mass is 10.2. The molecule has 0 amide bonds. The zero-order valence-electron chi connectivity index (χ0n) is 16.3. The highest BCUT2D eigenvalue weighted by molar-refractivity contribution is 5.79. The SMILES string of the molecule is CN=C(NCc1nc(-c2ccc(OC)cc2)n[nH]1)NC1CCN(CC(F)(F)F)C1.